The second-order valence-corrected chi connectivity index (χ2v) is 4.45. The van der Waals surface area contributed by atoms with Crippen LogP contribution in [-0.4, -0.2) is 43.2 Å². The van der Waals surface area contributed by atoms with Crippen LogP contribution in [0.2, 0.25) is 0 Å². The highest BCUT2D eigenvalue weighted by Gasteiger charge is 2.24. The number of hydrogen-bond donors (Lipinski definition) is 2. The Labute approximate surface area is 111 Å². The van der Waals surface area contributed by atoms with Crippen LogP contribution < -0.4 is 9.64 Å². The van der Waals surface area contributed by atoms with Gasteiger partial charge in [0.05, 0.1) is 25.5 Å². The van der Waals surface area contributed by atoms with Gasteiger partial charge in [-0.05, 0) is 17.7 Å². The monoisotopic (exact) mass is 267 g/mol. The number of aliphatic hydroxyl groups is 2. The summed E-state index contributed by atoms with van der Waals surface area (Å²) in [5.74, 6) is 0.609. The van der Waals surface area contributed by atoms with Crippen molar-refractivity contribution < 1.29 is 24.5 Å². The predicted molar refractivity (Wildman–Crippen MR) is 68.4 cm³/mol. The second kappa shape index (κ2) is 5.46. The molecule has 2 N–H and O–H groups in total. The molecule has 1 amide bonds. The number of hydrogen-bond acceptors (Lipinski definition) is 5. The number of fused-ring (bicyclic) bond motifs is 1. The van der Waals surface area contributed by atoms with E-state index in [4.69, 9.17) is 14.6 Å². The number of carbonyl (C=O) groups is 1. The SMILES string of the molecule is COc1cc2c(cc1CC(O)CO)N(C)C(=O)OC2. The molecule has 0 saturated heterocycles. The van der Waals surface area contributed by atoms with Crippen LogP contribution in [0.5, 0.6) is 5.75 Å². The molecule has 1 aromatic rings. The highest BCUT2D eigenvalue weighted by atomic mass is 16.6. The Hall–Kier alpha value is -1.79. The molecule has 6 nitrogen and oxygen atoms in total. The number of rotatable bonds is 4. The summed E-state index contributed by atoms with van der Waals surface area (Å²) in [4.78, 5) is 12.9. The zero-order chi connectivity index (χ0) is 14.0. The highest BCUT2D eigenvalue weighted by molar-refractivity contribution is 5.90. The van der Waals surface area contributed by atoms with E-state index in [2.05, 4.69) is 0 Å². The number of ether oxygens (including phenoxy) is 2. The molecule has 0 spiro atoms. The normalized spacial score (nSPS) is 15.8. The van der Waals surface area contributed by atoms with Crippen molar-refractivity contribution in [1.29, 1.82) is 0 Å². The largest absolute Gasteiger partial charge is 0.496 e. The average Bonchev–Trinajstić information content (AvgIpc) is 2.42. The molecule has 1 unspecified atom stereocenters. The van der Waals surface area contributed by atoms with Crippen molar-refractivity contribution in [1.82, 2.24) is 0 Å². The maximum absolute atomic E-state index is 11.5. The predicted octanol–water partition coefficient (Wildman–Crippen LogP) is 0.677. The maximum Gasteiger partial charge on any atom is 0.414 e. The van der Waals surface area contributed by atoms with Crippen LogP contribution in [0.3, 0.4) is 0 Å². The van der Waals surface area contributed by atoms with Gasteiger partial charge in [0, 0.05) is 19.0 Å². The highest BCUT2D eigenvalue weighted by Crippen LogP contribution is 2.33. The Morgan fingerprint density at radius 2 is 2.26 bits per heavy atom. The number of benzene rings is 1. The summed E-state index contributed by atoms with van der Waals surface area (Å²) in [6.07, 6.45) is -1.00. The number of carbonyl (C=O) groups excluding carboxylic acids is 1. The van der Waals surface area contributed by atoms with Crippen LogP contribution in [0.4, 0.5) is 10.5 Å². The lowest BCUT2D eigenvalue weighted by molar-refractivity contribution is 0.0949. The van der Waals surface area contributed by atoms with Crippen LogP contribution in [0.25, 0.3) is 0 Å². The molecule has 1 heterocycles. The molecule has 0 bridgehead atoms. The summed E-state index contributed by atoms with van der Waals surface area (Å²) in [5.41, 5.74) is 2.32. The van der Waals surface area contributed by atoms with E-state index in [-0.39, 0.29) is 19.6 Å². The molecule has 1 atom stereocenters. The van der Waals surface area contributed by atoms with Crippen molar-refractivity contribution in [3.8, 4) is 5.75 Å². The van der Waals surface area contributed by atoms with Gasteiger partial charge in [0.2, 0.25) is 0 Å². The quantitative estimate of drug-likeness (QED) is 0.838. The van der Waals surface area contributed by atoms with Crippen molar-refractivity contribution in [2.45, 2.75) is 19.1 Å². The fourth-order valence-electron chi connectivity index (χ4n) is 2.08. The summed E-state index contributed by atoms with van der Waals surface area (Å²) in [6.45, 7) is -0.115. The Morgan fingerprint density at radius 1 is 1.53 bits per heavy atom. The molecule has 2 rings (SSSR count). The third kappa shape index (κ3) is 2.64. The van der Waals surface area contributed by atoms with Crippen molar-refractivity contribution in [2.24, 2.45) is 0 Å². The first-order valence-corrected chi connectivity index (χ1v) is 5.96. The first-order valence-electron chi connectivity index (χ1n) is 5.96. The van der Waals surface area contributed by atoms with Crippen LogP contribution in [0.1, 0.15) is 11.1 Å². The van der Waals surface area contributed by atoms with Gasteiger partial charge in [-0.2, -0.15) is 0 Å². The van der Waals surface area contributed by atoms with E-state index in [9.17, 15) is 9.90 Å². The summed E-state index contributed by atoms with van der Waals surface area (Å²) >= 11 is 0. The van der Waals surface area contributed by atoms with Gasteiger partial charge in [0.1, 0.15) is 12.4 Å². The minimum Gasteiger partial charge on any atom is -0.496 e. The molecule has 104 valence electrons. The molecule has 6 heteroatoms. The van der Waals surface area contributed by atoms with Gasteiger partial charge >= 0.3 is 6.09 Å². The van der Waals surface area contributed by atoms with Crippen LogP contribution in [-0.2, 0) is 17.8 Å². The fraction of sp³-hybridized carbons (Fsp3) is 0.462. The zero-order valence-electron chi connectivity index (χ0n) is 10.9. The summed E-state index contributed by atoms with van der Waals surface area (Å²) < 4.78 is 10.3. The summed E-state index contributed by atoms with van der Waals surface area (Å²) in [5, 5.41) is 18.5. The zero-order valence-corrected chi connectivity index (χ0v) is 10.9. The van der Waals surface area contributed by atoms with Gasteiger partial charge in [0.25, 0.3) is 0 Å². The first kappa shape index (κ1) is 13.6. The van der Waals surface area contributed by atoms with Gasteiger partial charge in [0.15, 0.2) is 0 Å². The molecule has 0 radical (unpaired) electrons. The minimum atomic E-state index is -0.854. The smallest absolute Gasteiger partial charge is 0.414 e. The topological polar surface area (TPSA) is 79.2 Å². The van der Waals surface area contributed by atoms with E-state index < -0.39 is 12.2 Å². The fourth-order valence-corrected chi connectivity index (χ4v) is 2.08. The van der Waals surface area contributed by atoms with Gasteiger partial charge in [-0.25, -0.2) is 4.79 Å². The third-order valence-corrected chi connectivity index (χ3v) is 3.13. The van der Waals surface area contributed by atoms with E-state index in [1.807, 2.05) is 0 Å². The Kier molecular flexibility index (Phi) is 3.92. The molecule has 0 aromatic heterocycles. The Morgan fingerprint density at radius 3 is 2.89 bits per heavy atom. The molecule has 1 aromatic carbocycles. The van der Waals surface area contributed by atoms with E-state index in [1.54, 1.807) is 19.2 Å². The van der Waals surface area contributed by atoms with Gasteiger partial charge in [-0.3, -0.25) is 4.90 Å². The first-order chi connectivity index (χ1) is 9.06. The van der Waals surface area contributed by atoms with Gasteiger partial charge in [-0.15, -0.1) is 0 Å². The molecule has 0 aliphatic carbocycles. The Bertz CT molecular complexity index is 488. The number of nitrogens with zero attached hydrogens (tertiary/aromatic N) is 1. The van der Waals surface area contributed by atoms with E-state index in [0.29, 0.717) is 5.75 Å². The molecule has 1 aliphatic heterocycles. The van der Waals surface area contributed by atoms with Crippen LogP contribution in [0, 0.1) is 0 Å². The lowest BCUT2D eigenvalue weighted by atomic mass is 10.0. The number of methoxy groups -OCH3 is 1. The Balaban J connectivity index is 2.40. The van der Waals surface area contributed by atoms with Crippen molar-refractivity contribution in [3.63, 3.8) is 0 Å². The van der Waals surface area contributed by atoms with E-state index >= 15 is 0 Å². The minimum absolute atomic E-state index is 0.206. The van der Waals surface area contributed by atoms with Crippen molar-refractivity contribution in [2.75, 3.05) is 25.7 Å². The number of amides is 1. The number of cyclic esters (lactones) is 1. The van der Waals surface area contributed by atoms with Crippen LogP contribution >= 0.6 is 0 Å². The van der Waals surface area contributed by atoms with Gasteiger partial charge in [-0.1, -0.05) is 0 Å². The van der Waals surface area contributed by atoms with Crippen LogP contribution in [0.15, 0.2) is 12.1 Å². The molecule has 0 saturated carbocycles. The lowest BCUT2D eigenvalue weighted by Gasteiger charge is -2.27. The summed E-state index contributed by atoms with van der Waals surface area (Å²) in [6, 6.07) is 3.57. The maximum atomic E-state index is 11.5. The second-order valence-electron chi connectivity index (χ2n) is 4.45. The lowest BCUT2D eigenvalue weighted by Crippen LogP contribution is -2.32. The number of aliphatic hydroxyl groups excluding tert-OH is 2. The van der Waals surface area contributed by atoms with E-state index in [1.165, 1.54) is 12.0 Å². The molecule has 1 aliphatic rings. The molecular weight excluding hydrogens is 250 g/mol. The summed E-state index contributed by atoms with van der Waals surface area (Å²) in [7, 11) is 3.16. The van der Waals surface area contributed by atoms with Crippen molar-refractivity contribution in [3.05, 3.63) is 23.3 Å². The number of anilines is 1. The molecular formula is C13H17NO5. The standard InChI is InChI=1S/C13H17NO5/c1-14-11-4-8(3-10(16)6-15)12(18-2)5-9(11)7-19-13(14)17/h4-5,10,15-16H,3,6-7H2,1-2H3. The molecule has 0 fully saturated rings. The molecule has 19 heavy (non-hydrogen) atoms. The van der Waals surface area contributed by atoms with E-state index in [0.717, 1.165) is 16.8 Å². The average molecular weight is 267 g/mol. The third-order valence-electron chi connectivity index (χ3n) is 3.13. The van der Waals surface area contributed by atoms with Crippen molar-refractivity contribution >= 4 is 11.8 Å². The van der Waals surface area contributed by atoms with Gasteiger partial charge < -0.3 is 19.7 Å².